The summed E-state index contributed by atoms with van der Waals surface area (Å²) in [6.07, 6.45) is 10.2. The summed E-state index contributed by atoms with van der Waals surface area (Å²) in [5, 5.41) is 6.74. The predicted molar refractivity (Wildman–Crippen MR) is 114 cm³/mol. The third-order valence-corrected chi connectivity index (χ3v) is 5.48. The van der Waals surface area contributed by atoms with Crippen LogP contribution in [0.5, 0.6) is 0 Å². The molecule has 0 saturated heterocycles. The summed E-state index contributed by atoms with van der Waals surface area (Å²) in [5.74, 6) is 0. The van der Waals surface area contributed by atoms with E-state index in [1.54, 1.807) is 0 Å². The van der Waals surface area contributed by atoms with Gasteiger partial charge in [-0.1, -0.05) is 55.7 Å². The van der Waals surface area contributed by atoms with E-state index in [1.165, 1.54) is 43.2 Å². The second kappa shape index (κ2) is 8.75. The normalized spacial score (nSPS) is 15.8. The zero-order chi connectivity index (χ0) is 18.2. The van der Waals surface area contributed by atoms with Gasteiger partial charge in [0.15, 0.2) is 0 Å². The third kappa shape index (κ3) is 4.01. The Kier molecular flexibility index (Phi) is 6.17. The van der Waals surface area contributed by atoms with Crippen LogP contribution in [-0.4, -0.2) is 13.1 Å². The van der Waals surface area contributed by atoms with Gasteiger partial charge in [-0.05, 0) is 48.2 Å². The van der Waals surface area contributed by atoms with E-state index in [4.69, 9.17) is 0 Å². The third-order valence-electron chi connectivity index (χ3n) is 5.48. The fraction of sp³-hybridized carbons (Fsp3) is 0.333. The summed E-state index contributed by atoms with van der Waals surface area (Å²) < 4.78 is 0. The van der Waals surface area contributed by atoms with Crippen LogP contribution in [0.3, 0.4) is 0 Å². The predicted octanol–water partition coefficient (Wildman–Crippen LogP) is 6.13. The Morgan fingerprint density at radius 3 is 1.50 bits per heavy atom. The van der Waals surface area contributed by atoms with Crippen LogP contribution in [0.4, 0.5) is 11.4 Å². The highest BCUT2D eigenvalue weighted by atomic mass is 14.9. The molecule has 0 unspecified atom stereocenters. The molecule has 0 atom stereocenters. The minimum atomic E-state index is 0.145. The van der Waals surface area contributed by atoms with Gasteiger partial charge in [0.1, 0.15) is 0 Å². The lowest BCUT2D eigenvalue weighted by atomic mass is 9.65. The Morgan fingerprint density at radius 1 is 0.692 bits per heavy atom. The maximum Gasteiger partial charge on any atom is 0.0342 e. The molecule has 1 saturated carbocycles. The second-order valence-corrected chi connectivity index (χ2v) is 7.14. The molecule has 136 valence electrons. The van der Waals surface area contributed by atoms with Crippen molar-refractivity contribution in [2.75, 3.05) is 23.7 Å². The van der Waals surface area contributed by atoms with Crippen LogP contribution in [0.15, 0.2) is 73.8 Å². The first-order valence-electron chi connectivity index (χ1n) is 9.69. The van der Waals surface area contributed by atoms with Gasteiger partial charge in [0.2, 0.25) is 0 Å². The summed E-state index contributed by atoms with van der Waals surface area (Å²) in [5.41, 5.74) is 5.33. The van der Waals surface area contributed by atoms with Gasteiger partial charge < -0.3 is 10.6 Å². The Morgan fingerprint density at radius 2 is 1.12 bits per heavy atom. The molecule has 1 aliphatic rings. The highest BCUT2D eigenvalue weighted by Gasteiger charge is 2.35. The van der Waals surface area contributed by atoms with Crippen molar-refractivity contribution in [3.05, 3.63) is 85.0 Å². The average molecular weight is 347 g/mol. The second-order valence-electron chi connectivity index (χ2n) is 7.14. The molecule has 3 rings (SSSR count). The first-order chi connectivity index (χ1) is 12.8. The van der Waals surface area contributed by atoms with Crippen molar-refractivity contribution >= 4 is 11.4 Å². The molecule has 2 nitrogen and oxygen atoms in total. The average Bonchev–Trinajstić information content (AvgIpc) is 2.72. The maximum absolute atomic E-state index is 3.77. The van der Waals surface area contributed by atoms with E-state index in [1.807, 2.05) is 12.2 Å². The van der Waals surface area contributed by atoms with Gasteiger partial charge in [0, 0.05) is 29.9 Å². The zero-order valence-corrected chi connectivity index (χ0v) is 15.6. The standard InChI is InChI=1S/C24H30N2/c1-3-18-25-22-12-8-20(9-13-22)24(16-6-5-7-17-24)21-10-14-23(15-11-21)26-19-4-2/h3-4,8-15,25-26H,1-2,5-7,16-19H2. The number of anilines is 2. The summed E-state index contributed by atoms with van der Waals surface area (Å²) in [6, 6.07) is 18.0. The lowest BCUT2D eigenvalue weighted by Gasteiger charge is -2.39. The molecule has 0 spiro atoms. The molecule has 0 aromatic heterocycles. The van der Waals surface area contributed by atoms with E-state index in [0.717, 1.165) is 24.5 Å². The van der Waals surface area contributed by atoms with E-state index in [-0.39, 0.29) is 5.41 Å². The molecule has 0 heterocycles. The molecule has 2 aromatic rings. The summed E-state index contributed by atoms with van der Waals surface area (Å²) in [6.45, 7) is 9.13. The lowest BCUT2D eigenvalue weighted by molar-refractivity contribution is 0.346. The number of benzene rings is 2. The van der Waals surface area contributed by atoms with Crippen molar-refractivity contribution in [2.45, 2.75) is 37.5 Å². The zero-order valence-electron chi connectivity index (χ0n) is 15.6. The molecular formula is C24H30N2. The van der Waals surface area contributed by atoms with Crippen LogP contribution in [0.2, 0.25) is 0 Å². The number of hydrogen-bond acceptors (Lipinski definition) is 2. The van der Waals surface area contributed by atoms with E-state index in [9.17, 15) is 0 Å². The van der Waals surface area contributed by atoms with Crippen molar-refractivity contribution in [1.82, 2.24) is 0 Å². The van der Waals surface area contributed by atoms with Crippen molar-refractivity contribution in [3.63, 3.8) is 0 Å². The minimum absolute atomic E-state index is 0.145. The molecule has 0 aliphatic heterocycles. The van der Waals surface area contributed by atoms with Gasteiger partial charge in [0.25, 0.3) is 0 Å². The van der Waals surface area contributed by atoms with Crippen LogP contribution >= 0.6 is 0 Å². The number of rotatable bonds is 8. The molecule has 2 heteroatoms. The van der Waals surface area contributed by atoms with Crippen molar-refractivity contribution < 1.29 is 0 Å². The van der Waals surface area contributed by atoms with Crippen molar-refractivity contribution in [3.8, 4) is 0 Å². The van der Waals surface area contributed by atoms with Crippen molar-refractivity contribution in [2.24, 2.45) is 0 Å². The highest BCUT2D eigenvalue weighted by Crippen LogP contribution is 2.45. The Labute approximate surface area is 158 Å². The Bertz CT molecular complexity index is 649. The van der Waals surface area contributed by atoms with Crippen LogP contribution in [0.25, 0.3) is 0 Å². The Hall–Kier alpha value is -2.48. The monoisotopic (exact) mass is 346 g/mol. The van der Waals surface area contributed by atoms with E-state index in [0.29, 0.717) is 0 Å². The molecular weight excluding hydrogens is 316 g/mol. The number of hydrogen-bond donors (Lipinski definition) is 2. The van der Waals surface area contributed by atoms with Crippen LogP contribution in [-0.2, 0) is 5.41 Å². The highest BCUT2D eigenvalue weighted by molar-refractivity contribution is 5.52. The van der Waals surface area contributed by atoms with E-state index in [2.05, 4.69) is 72.3 Å². The minimum Gasteiger partial charge on any atom is -0.382 e. The van der Waals surface area contributed by atoms with Gasteiger partial charge in [-0.3, -0.25) is 0 Å². The van der Waals surface area contributed by atoms with Gasteiger partial charge in [-0.2, -0.15) is 0 Å². The van der Waals surface area contributed by atoms with Gasteiger partial charge in [0.05, 0.1) is 0 Å². The number of nitrogens with one attached hydrogen (secondary N) is 2. The topological polar surface area (TPSA) is 24.1 Å². The largest absolute Gasteiger partial charge is 0.382 e. The molecule has 0 bridgehead atoms. The fourth-order valence-corrected chi connectivity index (χ4v) is 4.09. The molecule has 0 amide bonds. The van der Waals surface area contributed by atoms with Crippen LogP contribution < -0.4 is 10.6 Å². The van der Waals surface area contributed by atoms with Gasteiger partial charge >= 0.3 is 0 Å². The molecule has 1 fully saturated rings. The fourth-order valence-electron chi connectivity index (χ4n) is 4.09. The summed E-state index contributed by atoms with van der Waals surface area (Å²) >= 11 is 0. The van der Waals surface area contributed by atoms with Gasteiger partial charge in [-0.25, -0.2) is 0 Å². The molecule has 2 aromatic carbocycles. The summed E-state index contributed by atoms with van der Waals surface area (Å²) in [7, 11) is 0. The van der Waals surface area contributed by atoms with E-state index >= 15 is 0 Å². The summed E-state index contributed by atoms with van der Waals surface area (Å²) in [4.78, 5) is 0. The van der Waals surface area contributed by atoms with Gasteiger partial charge in [-0.15, -0.1) is 13.2 Å². The quantitative estimate of drug-likeness (QED) is 0.562. The maximum atomic E-state index is 3.77. The molecule has 0 radical (unpaired) electrons. The molecule has 26 heavy (non-hydrogen) atoms. The SMILES string of the molecule is C=CCNc1ccc(C2(c3ccc(NCC=C)cc3)CCCCC2)cc1. The molecule has 2 N–H and O–H groups in total. The van der Waals surface area contributed by atoms with Crippen molar-refractivity contribution in [1.29, 1.82) is 0 Å². The van der Waals surface area contributed by atoms with Crippen LogP contribution in [0.1, 0.15) is 43.2 Å². The first-order valence-corrected chi connectivity index (χ1v) is 9.69. The smallest absolute Gasteiger partial charge is 0.0342 e. The first kappa shape index (κ1) is 18.3. The van der Waals surface area contributed by atoms with E-state index < -0.39 is 0 Å². The molecule has 1 aliphatic carbocycles. The lowest BCUT2D eigenvalue weighted by Crippen LogP contribution is -2.30. The van der Waals surface area contributed by atoms with Crippen LogP contribution in [0, 0.1) is 0 Å². The Balaban J connectivity index is 1.88.